The van der Waals surface area contributed by atoms with Crippen LogP contribution in [0.15, 0.2) is 18.2 Å². The zero-order valence-corrected chi connectivity index (χ0v) is 12.7. The molecular formula is C14H14F3N3O4. The number of nitrogens with zero attached hydrogens (tertiary/aromatic N) is 1. The van der Waals surface area contributed by atoms with Crippen LogP contribution >= 0.6 is 0 Å². The first-order valence-electron chi connectivity index (χ1n) is 6.89. The second-order valence-corrected chi connectivity index (χ2v) is 6.09. The second kappa shape index (κ2) is 5.77. The molecule has 1 atom stereocenters. The van der Waals surface area contributed by atoms with E-state index in [2.05, 4.69) is 5.32 Å². The molecular weight excluding hydrogens is 331 g/mol. The normalized spacial score (nSPS) is 19.7. The number of halogens is 3. The van der Waals surface area contributed by atoms with Crippen molar-refractivity contribution in [1.29, 1.82) is 0 Å². The van der Waals surface area contributed by atoms with Crippen molar-refractivity contribution in [3.8, 4) is 0 Å². The Hall–Kier alpha value is -2.65. The van der Waals surface area contributed by atoms with Gasteiger partial charge in [-0.3, -0.25) is 19.7 Å². The molecule has 1 aliphatic rings. The maximum atomic E-state index is 12.4. The number of hydrogen-bond acceptors (Lipinski definition) is 4. The van der Waals surface area contributed by atoms with E-state index in [4.69, 9.17) is 0 Å². The van der Waals surface area contributed by atoms with E-state index in [1.54, 1.807) is 19.2 Å². The standard InChI is InChI=1S/C14H14F3N3O4/c1-13(2)6-10(19-12(22)14(15,16)17)11(21)18-9-5-7(20(23)24)3-4-8(9)13/h3-5,10H,6H2,1-2H3,(H,18,21)(H,19,22). The van der Waals surface area contributed by atoms with E-state index >= 15 is 0 Å². The number of benzene rings is 1. The first-order valence-corrected chi connectivity index (χ1v) is 6.89. The summed E-state index contributed by atoms with van der Waals surface area (Å²) in [6.45, 7) is 3.34. The fraction of sp³-hybridized carbons (Fsp3) is 0.429. The van der Waals surface area contributed by atoms with Crippen LogP contribution < -0.4 is 10.6 Å². The van der Waals surface area contributed by atoms with Crippen LogP contribution in [-0.2, 0) is 15.0 Å². The largest absolute Gasteiger partial charge is 0.471 e. The van der Waals surface area contributed by atoms with Gasteiger partial charge in [-0.1, -0.05) is 13.8 Å². The Morgan fingerprint density at radius 2 is 2.04 bits per heavy atom. The van der Waals surface area contributed by atoms with Crippen LogP contribution in [0.3, 0.4) is 0 Å². The zero-order chi connectivity index (χ0) is 18.3. The van der Waals surface area contributed by atoms with Crippen LogP contribution in [0.4, 0.5) is 24.5 Å². The van der Waals surface area contributed by atoms with Gasteiger partial charge < -0.3 is 10.6 Å². The summed E-state index contributed by atoms with van der Waals surface area (Å²) >= 11 is 0. The Kier molecular flexibility index (Phi) is 4.25. The quantitative estimate of drug-likeness (QED) is 0.634. The molecule has 1 unspecified atom stereocenters. The third-order valence-corrected chi connectivity index (χ3v) is 3.79. The smallest absolute Gasteiger partial charge is 0.336 e. The number of rotatable bonds is 2. The lowest BCUT2D eigenvalue weighted by Gasteiger charge is -2.27. The van der Waals surface area contributed by atoms with Gasteiger partial charge in [-0.25, -0.2) is 0 Å². The molecule has 0 aliphatic carbocycles. The molecule has 130 valence electrons. The van der Waals surface area contributed by atoms with Crippen molar-refractivity contribution in [2.75, 3.05) is 5.32 Å². The number of nitrogens with one attached hydrogen (secondary N) is 2. The SMILES string of the molecule is CC1(C)CC(NC(=O)C(F)(F)F)C(=O)Nc2cc([N+](=O)[O-])ccc21. The van der Waals surface area contributed by atoms with E-state index in [1.807, 2.05) is 0 Å². The molecule has 2 amide bonds. The molecule has 2 rings (SSSR count). The Morgan fingerprint density at radius 1 is 1.42 bits per heavy atom. The van der Waals surface area contributed by atoms with Gasteiger partial charge in [0.15, 0.2) is 0 Å². The maximum Gasteiger partial charge on any atom is 0.471 e. The van der Waals surface area contributed by atoms with Crippen molar-refractivity contribution in [3.63, 3.8) is 0 Å². The number of hydrogen-bond donors (Lipinski definition) is 2. The number of alkyl halides is 3. The lowest BCUT2D eigenvalue weighted by atomic mass is 9.79. The fourth-order valence-corrected chi connectivity index (χ4v) is 2.63. The van der Waals surface area contributed by atoms with Gasteiger partial charge in [-0.15, -0.1) is 0 Å². The van der Waals surface area contributed by atoms with Crippen LogP contribution in [0.25, 0.3) is 0 Å². The highest BCUT2D eigenvalue weighted by Gasteiger charge is 2.43. The second-order valence-electron chi connectivity index (χ2n) is 6.09. The van der Waals surface area contributed by atoms with Gasteiger partial charge >= 0.3 is 12.1 Å². The third kappa shape index (κ3) is 3.47. The van der Waals surface area contributed by atoms with Crippen molar-refractivity contribution in [1.82, 2.24) is 5.32 Å². The molecule has 1 aromatic carbocycles. The fourth-order valence-electron chi connectivity index (χ4n) is 2.63. The first kappa shape index (κ1) is 17.7. The van der Waals surface area contributed by atoms with Crippen LogP contribution in [0.1, 0.15) is 25.8 Å². The molecule has 0 spiro atoms. The van der Waals surface area contributed by atoms with Crippen molar-refractivity contribution in [3.05, 3.63) is 33.9 Å². The van der Waals surface area contributed by atoms with Crippen LogP contribution in [0.2, 0.25) is 0 Å². The third-order valence-electron chi connectivity index (χ3n) is 3.79. The van der Waals surface area contributed by atoms with Crippen LogP contribution in [0, 0.1) is 10.1 Å². The molecule has 0 saturated carbocycles. The molecule has 0 saturated heterocycles. The van der Waals surface area contributed by atoms with E-state index in [-0.39, 0.29) is 17.8 Å². The molecule has 1 aromatic rings. The lowest BCUT2D eigenvalue weighted by Crippen LogP contribution is -2.49. The summed E-state index contributed by atoms with van der Waals surface area (Å²) in [5.41, 5.74) is -0.386. The lowest BCUT2D eigenvalue weighted by molar-refractivity contribution is -0.384. The zero-order valence-electron chi connectivity index (χ0n) is 12.7. The minimum atomic E-state index is -5.11. The Bertz CT molecular complexity index is 716. The van der Waals surface area contributed by atoms with Gasteiger partial charge in [0.1, 0.15) is 6.04 Å². The van der Waals surface area contributed by atoms with Gasteiger partial charge in [-0.05, 0) is 23.5 Å². The number of carbonyl (C=O) groups excluding carboxylic acids is 2. The average molecular weight is 345 g/mol. The Balaban J connectivity index is 2.37. The van der Waals surface area contributed by atoms with E-state index in [1.165, 1.54) is 12.1 Å². The molecule has 2 N–H and O–H groups in total. The van der Waals surface area contributed by atoms with Crippen molar-refractivity contribution < 1.29 is 27.7 Å². The molecule has 1 aliphatic heterocycles. The molecule has 0 radical (unpaired) electrons. The molecule has 0 bridgehead atoms. The summed E-state index contributed by atoms with van der Waals surface area (Å²) in [5, 5.41) is 14.9. The minimum Gasteiger partial charge on any atom is -0.336 e. The molecule has 24 heavy (non-hydrogen) atoms. The first-order chi connectivity index (χ1) is 10.9. The van der Waals surface area contributed by atoms with Gasteiger partial charge in [0.2, 0.25) is 5.91 Å². The average Bonchev–Trinajstić information content (AvgIpc) is 2.52. The van der Waals surface area contributed by atoms with E-state index in [0.29, 0.717) is 5.56 Å². The van der Waals surface area contributed by atoms with Gasteiger partial charge in [0.05, 0.1) is 10.6 Å². The van der Waals surface area contributed by atoms with Crippen LogP contribution in [-0.4, -0.2) is 29.0 Å². The number of fused-ring (bicyclic) bond motifs is 1. The number of carbonyl (C=O) groups is 2. The minimum absolute atomic E-state index is 0.0918. The predicted octanol–water partition coefficient (Wildman–Crippen LogP) is 2.26. The topological polar surface area (TPSA) is 101 Å². The summed E-state index contributed by atoms with van der Waals surface area (Å²) in [7, 11) is 0. The molecule has 0 fully saturated rings. The number of amides is 2. The maximum absolute atomic E-state index is 12.4. The summed E-state index contributed by atoms with van der Waals surface area (Å²) in [4.78, 5) is 33.5. The van der Waals surface area contributed by atoms with Crippen molar-refractivity contribution in [2.45, 2.75) is 37.9 Å². The molecule has 1 heterocycles. The molecule has 7 nitrogen and oxygen atoms in total. The highest BCUT2D eigenvalue weighted by molar-refractivity contribution is 5.99. The summed E-state index contributed by atoms with van der Waals surface area (Å²) in [6, 6.07) is 2.42. The van der Waals surface area contributed by atoms with Crippen molar-refractivity contribution in [2.24, 2.45) is 0 Å². The summed E-state index contributed by atoms with van der Waals surface area (Å²) < 4.78 is 37.2. The summed E-state index contributed by atoms with van der Waals surface area (Å²) in [6.07, 6.45) is -5.20. The van der Waals surface area contributed by atoms with Crippen molar-refractivity contribution >= 4 is 23.2 Å². The van der Waals surface area contributed by atoms with E-state index in [9.17, 15) is 32.9 Å². The molecule has 10 heteroatoms. The number of anilines is 1. The Morgan fingerprint density at radius 3 is 2.58 bits per heavy atom. The van der Waals surface area contributed by atoms with Crippen LogP contribution in [0.5, 0.6) is 0 Å². The van der Waals surface area contributed by atoms with E-state index in [0.717, 1.165) is 6.07 Å². The molecule has 0 aromatic heterocycles. The monoisotopic (exact) mass is 345 g/mol. The van der Waals surface area contributed by atoms with Gasteiger partial charge in [0, 0.05) is 12.1 Å². The Labute approximate surface area is 134 Å². The summed E-state index contributed by atoms with van der Waals surface area (Å²) in [5.74, 6) is -3.07. The number of nitro benzene ring substituents is 1. The highest BCUT2D eigenvalue weighted by atomic mass is 19.4. The van der Waals surface area contributed by atoms with Gasteiger partial charge in [0.25, 0.3) is 5.69 Å². The van der Waals surface area contributed by atoms with E-state index < -0.39 is 34.4 Å². The highest BCUT2D eigenvalue weighted by Crippen LogP contribution is 2.38. The predicted molar refractivity (Wildman–Crippen MR) is 77.4 cm³/mol. The number of non-ortho nitro benzene ring substituents is 1. The number of nitro groups is 1. The van der Waals surface area contributed by atoms with Gasteiger partial charge in [-0.2, -0.15) is 13.2 Å².